The Morgan fingerprint density at radius 1 is 1.14 bits per heavy atom. The van der Waals surface area contributed by atoms with Crippen LogP contribution in [-0.4, -0.2) is 10.8 Å². The second-order valence-corrected chi connectivity index (χ2v) is 5.68. The molecule has 0 spiro atoms. The molecule has 122 valence electrons. The van der Waals surface area contributed by atoms with Crippen molar-refractivity contribution in [3.05, 3.63) is 33.9 Å². The first-order valence-corrected chi connectivity index (χ1v) is 8.09. The minimum atomic E-state index is -0.453. The largest absolute Gasteiger partial charge is 0.326 e. The van der Waals surface area contributed by atoms with Gasteiger partial charge in [-0.1, -0.05) is 51.5 Å². The molecule has 1 aromatic carbocycles. The second-order valence-electron chi connectivity index (χ2n) is 5.68. The average Bonchev–Trinajstić information content (AvgIpc) is 2.48. The van der Waals surface area contributed by atoms with Crippen LogP contribution in [0, 0.1) is 17.0 Å². The van der Waals surface area contributed by atoms with Crippen LogP contribution in [0.25, 0.3) is 0 Å². The van der Waals surface area contributed by atoms with Gasteiger partial charge in [-0.05, 0) is 18.9 Å². The third kappa shape index (κ3) is 6.70. The van der Waals surface area contributed by atoms with Crippen LogP contribution >= 0.6 is 0 Å². The van der Waals surface area contributed by atoms with Gasteiger partial charge in [-0.25, -0.2) is 0 Å². The molecule has 1 aromatic rings. The molecule has 5 heteroatoms. The van der Waals surface area contributed by atoms with E-state index in [1.807, 2.05) is 6.92 Å². The van der Waals surface area contributed by atoms with Crippen molar-refractivity contribution in [1.29, 1.82) is 0 Å². The number of hydrogen-bond acceptors (Lipinski definition) is 3. The van der Waals surface area contributed by atoms with Gasteiger partial charge in [-0.2, -0.15) is 0 Å². The summed E-state index contributed by atoms with van der Waals surface area (Å²) in [5, 5.41) is 13.5. The maximum atomic E-state index is 11.9. The van der Waals surface area contributed by atoms with Crippen LogP contribution in [0.5, 0.6) is 0 Å². The lowest BCUT2D eigenvalue weighted by Crippen LogP contribution is -2.12. The molecule has 0 aliphatic heterocycles. The van der Waals surface area contributed by atoms with Crippen molar-refractivity contribution in [1.82, 2.24) is 0 Å². The van der Waals surface area contributed by atoms with Crippen molar-refractivity contribution in [3.63, 3.8) is 0 Å². The number of nitrogens with zero attached hydrogens (tertiary/aromatic N) is 1. The maximum absolute atomic E-state index is 11.9. The SMILES string of the molecule is CCCCCCCCCC(=O)Nc1cc([N+](=O)[O-])ccc1C. The summed E-state index contributed by atoms with van der Waals surface area (Å²) >= 11 is 0. The topological polar surface area (TPSA) is 72.2 Å². The van der Waals surface area contributed by atoms with E-state index in [-0.39, 0.29) is 11.6 Å². The molecule has 0 saturated heterocycles. The van der Waals surface area contributed by atoms with Crippen LogP contribution in [0.1, 0.15) is 63.9 Å². The summed E-state index contributed by atoms with van der Waals surface area (Å²) in [6.45, 7) is 4.02. The van der Waals surface area contributed by atoms with Crippen molar-refractivity contribution in [2.75, 3.05) is 5.32 Å². The number of carbonyl (C=O) groups excluding carboxylic acids is 1. The van der Waals surface area contributed by atoms with E-state index in [0.717, 1.165) is 18.4 Å². The van der Waals surface area contributed by atoms with Crippen molar-refractivity contribution >= 4 is 17.3 Å². The maximum Gasteiger partial charge on any atom is 0.271 e. The van der Waals surface area contributed by atoms with Gasteiger partial charge in [0.1, 0.15) is 0 Å². The van der Waals surface area contributed by atoms with Crippen LogP contribution in [0.15, 0.2) is 18.2 Å². The van der Waals surface area contributed by atoms with Gasteiger partial charge in [0.05, 0.1) is 10.6 Å². The van der Waals surface area contributed by atoms with E-state index in [9.17, 15) is 14.9 Å². The standard InChI is InChI=1S/C17H26N2O3/c1-3-4-5-6-7-8-9-10-17(20)18-16-13-15(19(21)22)12-11-14(16)2/h11-13H,3-10H2,1-2H3,(H,18,20). The molecular formula is C17H26N2O3. The van der Waals surface area contributed by atoms with Gasteiger partial charge in [-0.3, -0.25) is 14.9 Å². The zero-order valence-electron chi connectivity index (χ0n) is 13.6. The molecule has 1 N–H and O–H groups in total. The molecule has 0 radical (unpaired) electrons. The van der Waals surface area contributed by atoms with Gasteiger partial charge in [0.25, 0.3) is 5.69 Å². The molecule has 0 aliphatic carbocycles. The number of non-ortho nitro benzene ring substituents is 1. The van der Waals surface area contributed by atoms with Crippen LogP contribution in [0.4, 0.5) is 11.4 Å². The van der Waals surface area contributed by atoms with Gasteiger partial charge in [0.2, 0.25) is 5.91 Å². The molecule has 0 aliphatic rings. The predicted molar refractivity (Wildman–Crippen MR) is 89.1 cm³/mol. The monoisotopic (exact) mass is 306 g/mol. The number of hydrogen-bond donors (Lipinski definition) is 1. The third-order valence-corrected chi connectivity index (χ3v) is 3.71. The highest BCUT2D eigenvalue weighted by molar-refractivity contribution is 5.91. The Hall–Kier alpha value is -1.91. The molecule has 0 fully saturated rings. The number of nitrogens with one attached hydrogen (secondary N) is 1. The molecule has 0 unspecified atom stereocenters. The highest BCUT2D eigenvalue weighted by atomic mass is 16.6. The van der Waals surface area contributed by atoms with Crippen LogP contribution in [0.3, 0.4) is 0 Å². The Balaban J connectivity index is 2.33. The fourth-order valence-corrected chi connectivity index (χ4v) is 2.31. The zero-order chi connectivity index (χ0) is 16.4. The third-order valence-electron chi connectivity index (χ3n) is 3.71. The van der Waals surface area contributed by atoms with E-state index in [1.165, 1.54) is 44.2 Å². The number of carbonyl (C=O) groups is 1. The molecule has 5 nitrogen and oxygen atoms in total. The first-order chi connectivity index (χ1) is 10.5. The minimum Gasteiger partial charge on any atom is -0.326 e. The first kappa shape index (κ1) is 18.1. The zero-order valence-corrected chi connectivity index (χ0v) is 13.6. The number of amides is 1. The Kier molecular flexibility index (Phi) is 8.18. The van der Waals surface area contributed by atoms with E-state index < -0.39 is 4.92 Å². The summed E-state index contributed by atoms with van der Waals surface area (Å²) < 4.78 is 0. The summed E-state index contributed by atoms with van der Waals surface area (Å²) in [5.41, 5.74) is 1.36. The molecule has 0 bridgehead atoms. The van der Waals surface area contributed by atoms with E-state index >= 15 is 0 Å². The molecule has 0 aromatic heterocycles. The summed E-state index contributed by atoms with van der Waals surface area (Å²) in [6.07, 6.45) is 8.60. The normalized spacial score (nSPS) is 10.5. The van der Waals surface area contributed by atoms with Gasteiger partial charge in [0.15, 0.2) is 0 Å². The van der Waals surface area contributed by atoms with E-state index in [1.54, 1.807) is 6.07 Å². The number of benzene rings is 1. The molecule has 0 heterocycles. The van der Waals surface area contributed by atoms with E-state index in [0.29, 0.717) is 12.1 Å². The fourth-order valence-electron chi connectivity index (χ4n) is 2.31. The van der Waals surface area contributed by atoms with Crippen molar-refractivity contribution in [2.24, 2.45) is 0 Å². The summed E-state index contributed by atoms with van der Waals surface area (Å²) in [4.78, 5) is 22.2. The summed E-state index contributed by atoms with van der Waals surface area (Å²) in [7, 11) is 0. The van der Waals surface area contributed by atoms with Gasteiger partial charge < -0.3 is 5.32 Å². The van der Waals surface area contributed by atoms with Gasteiger partial charge >= 0.3 is 0 Å². The Morgan fingerprint density at radius 2 is 1.77 bits per heavy atom. The average molecular weight is 306 g/mol. The lowest BCUT2D eigenvalue weighted by Gasteiger charge is -2.08. The molecule has 1 amide bonds. The van der Waals surface area contributed by atoms with Crippen LogP contribution in [-0.2, 0) is 4.79 Å². The number of aryl methyl sites for hydroxylation is 1. The Bertz CT molecular complexity index is 501. The minimum absolute atomic E-state index is 0.00294. The molecule has 0 atom stereocenters. The molecule has 22 heavy (non-hydrogen) atoms. The molecular weight excluding hydrogens is 280 g/mol. The van der Waals surface area contributed by atoms with Crippen molar-refractivity contribution in [3.8, 4) is 0 Å². The lowest BCUT2D eigenvalue weighted by molar-refractivity contribution is -0.384. The first-order valence-electron chi connectivity index (χ1n) is 8.09. The number of rotatable bonds is 10. The second kappa shape index (κ2) is 9.92. The van der Waals surface area contributed by atoms with Crippen LogP contribution < -0.4 is 5.32 Å². The van der Waals surface area contributed by atoms with Crippen molar-refractivity contribution in [2.45, 2.75) is 65.2 Å². The highest BCUT2D eigenvalue weighted by Gasteiger charge is 2.10. The fraction of sp³-hybridized carbons (Fsp3) is 0.588. The number of nitro groups is 1. The van der Waals surface area contributed by atoms with Gasteiger partial charge in [-0.15, -0.1) is 0 Å². The Labute approximate surface area is 132 Å². The van der Waals surface area contributed by atoms with E-state index in [4.69, 9.17) is 0 Å². The molecule has 0 saturated carbocycles. The number of nitro benzene ring substituents is 1. The van der Waals surface area contributed by atoms with Gasteiger partial charge in [0, 0.05) is 18.6 Å². The highest BCUT2D eigenvalue weighted by Crippen LogP contribution is 2.22. The Morgan fingerprint density at radius 3 is 2.41 bits per heavy atom. The number of anilines is 1. The molecule has 1 rings (SSSR count). The lowest BCUT2D eigenvalue weighted by atomic mass is 10.1. The van der Waals surface area contributed by atoms with Crippen LogP contribution in [0.2, 0.25) is 0 Å². The smallest absolute Gasteiger partial charge is 0.271 e. The summed E-state index contributed by atoms with van der Waals surface area (Å²) in [5.74, 6) is -0.0721. The van der Waals surface area contributed by atoms with Crippen molar-refractivity contribution < 1.29 is 9.72 Å². The number of unbranched alkanes of at least 4 members (excludes halogenated alkanes) is 6. The van der Waals surface area contributed by atoms with E-state index in [2.05, 4.69) is 12.2 Å². The summed E-state index contributed by atoms with van der Waals surface area (Å²) in [6, 6.07) is 4.51. The quantitative estimate of drug-likeness (QED) is 0.376. The predicted octanol–water partition coefficient (Wildman–Crippen LogP) is 4.98.